The van der Waals surface area contributed by atoms with Gasteiger partial charge in [-0.1, -0.05) is 362 Å². The molecule has 0 saturated carbocycles. The standard InChI is InChI=1S/C118H97BN4S/c1-115(2,3)82-58-47-74(48-59-82)90-38-25-39-91(75-49-60-83(61-50-75)116(4,5)6)113(90)122-102-66-55-79(88-36-27-44-104-110(88)95-34-19-22-42-100(95)120(104)86-29-15-13-16-30-86)70-98(102)119-99-71-80(89-37-28-45-105-111(89)96-35-20-23-43-101(96)121(105)87-31-17-14-18-32-87)56-67-103(99)123(107-73-81(72-106(122)112(107)119)78-57-68-109-97(69-78)94-33-21-24-46-108(94)124-109)114-92(76-51-62-84(63-52-76)117(7,8)9)40-26-41-93(114)77-53-64-85(65-54-77)118(10,11)12/h13-73H,1-12H3. The molecule has 0 radical (unpaired) electrons. The summed E-state index contributed by atoms with van der Waals surface area (Å²) in [5.74, 6) is 0. The monoisotopic (exact) mass is 1610 g/mol. The van der Waals surface area contributed by atoms with Crippen LogP contribution in [0.25, 0.3) is 153 Å². The number of fused-ring (bicyclic) bond motifs is 13. The molecule has 0 bridgehead atoms. The van der Waals surface area contributed by atoms with Crippen molar-refractivity contribution in [2.75, 3.05) is 9.80 Å². The van der Waals surface area contributed by atoms with Crippen molar-refractivity contribution in [2.24, 2.45) is 0 Å². The van der Waals surface area contributed by atoms with Gasteiger partial charge in [0.2, 0.25) is 0 Å². The zero-order chi connectivity index (χ0) is 84.4. The molecule has 6 heteroatoms. The molecule has 2 aliphatic rings. The van der Waals surface area contributed by atoms with E-state index in [-0.39, 0.29) is 28.4 Å². The molecule has 0 unspecified atom stereocenters. The Kier molecular flexibility index (Phi) is 17.8. The van der Waals surface area contributed by atoms with Crippen molar-refractivity contribution in [3.8, 4) is 89.3 Å². The van der Waals surface area contributed by atoms with Gasteiger partial charge in [-0.05, 0) is 207 Å². The molecule has 0 N–H and O–H groups in total. The summed E-state index contributed by atoms with van der Waals surface area (Å²) in [6, 6.07) is 143. The summed E-state index contributed by atoms with van der Waals surface area (Å²) in [6.45, 7) is 27.5. The Morgan fingerprint density at radius 2 is 0.548 bits per heavy atom. The number of aromatic nitrogens is 2. The number of hydrogen-bond acceptors (Lipinski definition) is 3. The van der Waals surface area contributed by atoms with Crippen LogP contribution in [0.1, 0.15) is 105 Å². The quantitative estimate of drug-likeness (QED) is 0.120. The highest BCUT2D eigenvalue weighted by molar-refractivity contribution is 7.25. The van der Waals surface area contributed by atoms with E-state index in [1.54, 1.807) is 0 Å². The molecule has 0 saturated heterocycles. The van der Waals surface area contributed by atoms with Crippen molar-refractivity contribution in [1.29, 1.82) is 0 Å². The lowest BCUT2D eigenvalue weighted by molar-refractivity contribution is 0.590. The van der Waals surface area contributed by atoms with Gasteiger partial charge in [-0.2, -0.15) is 0 Å². The maximum atomic E-state index is 2.74. The molecule has 124 heavy (non-hydrogen) atoms. The summed E-state index contributed by atoms with van der Waals surface area (Å²) < 4.78 is 7.47. The summed E-state index contributed by atoms with van der Waals surface area (Å²) in [5, 5.41) is 7.38. The molecule has 4 nitrogen and oxygen atoms in total. The van der Waals surface area contributed by atoms with E-state index in [9.17, 15) is 0 Å². The van der Waals surface area contributed by atoms with Gasteiger partial charge in [-0.15, -0.1) is 11.3 Å². The van der Waals surface area contributed by atoms with Crippen LogP contribution in [-0.4, -0.2) is 15.8 Å². The number of rotatable bonds is 11. The number of hydrogen-bond donors (Lipinski definition) is 0. The van der Waals surface area contributed by atoms with Gasteiger partial charge in [0.15, 0.2) is 0 Å². The molecule has 3 aromatic heterocycles. The number of anilines is 6. The second-order valence-corrected chi connectivity index (χ2v) is 39.5. The molecule has 20 aromatic rings. The summed E-state index contributed by atoms with van der Waals surface area (Å²) in [7, 11) is 0. The Hall–Kier alpha value is -13.8. The van der Waals surface area contributed by atoms with Crippen LogP contribution in [0.5, 0.6) is 0 Å². The average molecular weight is 1610 g/mol. The lowest BCUT2D eigenvalue weighted by Crippen LogP contribution is -2.61. The molecule has 17 aromatic carbocycles. The van der Waals surface area contributed by atoms with Gasteiger partial charge < -0.3 is 18.9 Å². The van der Waals surface area contributed by atoms with Gasteiger partial charge >= 0.3 is 0 Å². The van der Waals surface area contributed by atoms with Crippen LogP contribution in [0.2, 0.25) is 0 Å². The SMILES string of the molecule is CC(C)(C)c1ccc(-c2cccc(-c3ccc(C(C)(C)C)cc3)c2N2c3ccc(-c4cccc5c4c4ccccc4n5-c4ccccc4)cc3B3c4cc(-c5cccc6c5c5ccccc5n6-c5ccccc5)ccc4N(c4c(-c5ccc(C(C)(C)C)cc5)cccc4-c4ccc(C(C)(C)C)cc4)c4cc(-c5ccc6sc7ccccc7c6c5)cc2c43)cc1. The van der Waals surface area contributed by atoms with Gasteiger partial charge in [0, 0.05) is 98.1 Å². The van der Waals surface area contributed by atoms with Crippen molar-refractivity contribution in [3.63, 3.8) is 0 Å². The topological polar surface area (TPSA) is 16.3 Å². The number of para-hydroxylation sites is 6. The second-order valence-electron chi connectivity index (χ2n) is 38.4. The minimum atomic E-state index is -0.366. The predicted molar refractivity (Wildman–Crippen MR) is 535 cm³/mol. The fourth-order valence-corrected chi connectivity index (χ4v) is 21.3. The van der Waals surface area contributed by atoms with Crippen LogP contribution in [-0.2, 0) is 21.7 Å². The van der Waals surface area contributed by atoms with Gasteiger partial charge in [0.1, 0.15) is 0 Å². The Balaban J connectivity index is 0.918. The average Bonchev–Trinajstić information content (AvgIpc) is 1.65. The first-order valence-corrected chi connectivity index (χ1v) is 44.7. The first-order chi connectivity index (χ1) is 60.1. The molecular weight excluding hydrogens is 1520 g/mol. The van der Waals surface area contributed by atoms with E-state index in [1.165, 1.54) is 103 Å². The summed E-state index contributed by atoms with van der Waals surface area (Å²) in [6.07, 6.45) is 0. The Morgan fingerprint density at radius 3 is 0.944 bits per heavy atom. The highest BCUT2D eigenvalue weighted by Crippen LogP contribution is 2.56. The zero-order valence-corrected chi connectivity index (χ0v) is 73.3. The van der Waals surface area contributed by atoms with Crippen molar-refractivity contribution in [1.82, 2.24) is 9.13 Å². The molecule has 598 valence electrons. The first-order valence-electron chi connectivity index (χ1n) is 43.9. The van der Waals surface area contributed by atoms with Gasteiger partial charge in [0.05, 0.1) is 33.4 Å². The molecule has 5 heterocycles. The molecule has 0 aliphatic carbocycles. The van der Waals surface area contributed by atoms with E-state index in [1.807, 2.05) is 11.3 Å². The number of benzene rings is 17. The Morgan fingerprint density at radius 1 is 0.226 bits per heavy atom. The van der Waals surface area contributed by atoms with Crippen LogP contribution in [0, 0.1) is 0 Å². The fourth-order valence-electron chi connectivity index (χ4n) is 20.2. The van der Waals surface area contributed by atoms with Gasteiger partial charge in [-0.25, -0.2) is 0 Å². The molecule has 0 fully saturated rings. The van der Waals surface area contributed by atoms with Gasteiger partial charge in [0.25, 0.3) is 6.71 Å². The third-order valence-electron chi connectivity index (χ3n) is 26.6. The maximum absolute atomic E-state index is 2.74. The van der Waals surface area contributed by atoms with E-state index in [2.05, 4.69) is 472 Å². The molecule has 22 rings (SSSR count). The van der Waals surface area contributed by atoms with E-state index >= 15 is 0 Å². The minimum Gasteiger partial charge on any atom is -0.310 e. The zero-order valence-electron chi connectivity index (χ0n) is 72.5. The molecule has 2 aliphatic heterocycles. The fraction of sp³-hybridized carbons (Fsp3) is 0.136. The van der Waals surface area contributed by atoms with Crippen LogP contribution >= 0.6 is 11.3 Å². The normalized spacial score (nSPS) is 13.0. The van der Waals surface area contributed by atoms with Crippen molar-refractivity contribution in [3.05, 3.63) is 392 Å². The molecular formula is C118H97BN4S. The summed E-state index contributed by atoms with van der Waals surface area (Å²) in [5.41, 5.74) is 38.1. The molecule has 0 spiro atoms. The number of nitrogens with zero attached hydrogens (tertiary/aromatic N) is 4. The minimum absolute atomic E-state index is 0.0744. The van der Waals surface area contributed by atoms with E-state index < -0.39 is 0 Å². The Labute approximate surface area is 732 Å². The van der Waals surface area contributed by atoms with E-state index in [0.717, 1.165) is 123 Å². The largest absolute Gasteiger partial charge is 0.310 e. The van der Waals surface area contributed by atoms with Crippen molar-refractivity contribution < 1.29 is 0 Å². The lowest BCUT2D eigenvalue weighted by Gasteiger charge is -2.46. The highest BCUT2D eigenvalue weighted by Gasteiger charge is 2.46. The third-order valence-corrected chi connectivity index (χ3v) is 27.7. The van der Waals surface area contributed by atoms with Crippen LogP contribution in [0.15, 0.2) is 370 Å². The summed E-state index contributed by atoms with van der Waals surface area (Å²) >= 11 is 1.87. The maximum Gasteiger partial charge on any atom is 0.252 e. The molecule has 0 amide bonds. The van der Waals surface area contributed by atoms with E-state index in [0.29, 0.717) is 0 Å². The third kappa shape index (κ3) is 12.6. The van der Waals surface area contributed by atoms with Gasteiger partial charge in [-0.3, -0.25) is 0 Å². The predicted octanol–water partition coefficient (Wildman–Crippen LogP) is 31.2. The highest BCUT2D eigenvalue weighted by atomic mass is 32.1. The van der Waals surface area contributed by atoms with Crippen LogP contribution < -0.4 is 26.2 Å². The van der Waals surface area contributed by atoms with Crippen molar-refractivity contribution >= 4 is 132 Å². The Bertz CT molecular complexity index is 7120. The van der Waals surface area contributed by atoms with Crippen LogP contribution in [0.3, 0.4) is 0 Å². The van der Waals surface area contributed by atoms with E-state index in [4.69, 9.17) is 0 Å². The second kappa shape index (κ2) is 28.9. The smallest absolute Gasteiger partial charge is 0.252 e. The van der Waals surface area contributed by atoms with Crippen LogP contribution in [0.4, 0.5) is 34.1 Å². The first kappa shape index (κ1) is 76.4. The summed E-state index contributed by atoms with van der Waals surface area (Å²) in [4.78, 5) is 5.49. The molecule has 0 atom stereocenters. The lowest BCUT2D eigenvalue weighted by atomic mass is 9.33. The van der Waals surface area contributed by atoms with Crippen molar-refractivity contribution in [2.45, 2.75) is 105 Å². The number of thiophene rings is 1.